The number of nitrogens with one attached hydrogen (secondary N) is 2. The van der Waals surface area contributed by atoms with Crippen LogP contribution in [-0.2, 0) is 6.18 Å². The van der Waals surface area contributed by atoms with Crippen molar-refractivity contribution in [3.8, 4) is 5.75 Å². The Morgan fingerprint density at radius 1 is 1.19 bits per heavy atom. The van der Waals surface area contributed by atoms with Crippen LogP contribution in [0, 0.1) is 0 Å². The standard InChI is InChI=1S/C23H30F3N3OS/c1-4-7-19(8-5-2)30-22-11-10-18(13-20(22)23(24,25)26)29-16-31-15-21(27-3)17-9-6-12-28-14-17/h6,9-15,19,27,29H,4-5,7-8,16H2,1-3H3/b21-15-. The average molecular weight is 454 g/mol. The van der Waals surface area contributed by atoms with E-state index in [4.69, 9.17) is 4.74 Å². The summed E-state index contributed by atoms with van der Waals surface area (Å²) >= 11 is 1.44. The van der Waals surface area contributed by atoms with Crippen molar-refractivity contribution in [3.05, 3.63) is 59.3 Å². The lowest BCUT2D eigenvalue weighted by atomic mass is 10.1. The zero-order valence-corrected chi connectivity index (χ0v) is 18.9. The summed E-state index contributed by atoms with van der Waals surface area (Å²) in [6.45, 7) is 4.01. The monoisotopic (exact) mass is 453 g/mol. The molecular weight excluding hydrogens is 423 g/mol. The quantitative estimate of drug-likeness (QED) is 0.274. The van der Waals surface area contributed by atoms with E-state index in [1.54, 1.807) is 18.5 Å². The molecule has 1 aromatic heterocycles. The first-order valence-corrected chi connectivity index (χ1v) is 11.5. The largest absolute Gasteiger partial charge is 0.490 e. The summed E-state index contributed by atoms with van der Waals surface area (Å²) in [5, 5.41) is 8.05. The minimum atomic E-state index is -4.48. The summed E-state index contributed by atoms with van der Waals surface area (Å²) in [6, 6.07) is 7.94. The highest BCUT2D eigenvalue weighted by Gasteiger charge is 2.35. The van der Waals surface area contributed by atoms with Crippen molar-refractivity contribution < 1.29 is 17.9 Å². The van der Waals surface area contributed by atoms with Gasteiger partial charge in [0.2, 0.25) is 0 Å². The Bertz CT molecular complexity index is 823. The van der Waals surface area contributed by atoms with Gasteiger partial charge in [-0.1, -0.05) is 26.7 Å². The SMILES string of the molecule is CCCC(CCC)Oc1ccc(NCS/C=C(\NC)c2cccnc2)cc1C(F)(F)F. The van der Waals surface area contributed by atoms with Crippen LogP contribution in [0.25, 0.3) is 5.70 Å². The molecular formula is C23H30F3N3OS. The number of benzene rings is 1. The first-order valence-electron chi connectivity index (χ1n) is 10.4. The molecule has 0 atom stereocenters. The van der Waals surface area contributed by atoms with Crippen molar-refractivity contribution >= 4 is 23.1 Å². The van der Waals surface area contributed by atoms with Crippen LogP contribution in [0.15, 0.2) is 48.1 Å². The first-order chi connectivity index (χ1) is 14.9. The van der Waals surface area contributed by atoms with Gasteiger partial charge in [0.15, 0.2) is 0 Å². The van der Waals surface area contributed by atoms with Crippen LogP contribution in [0.1, 0.15) is 50.7 Å². The van der Waals surface area contributed by atoms with Gasteiger partial charge in [0, 0.05) is 36.4 Å². The molecule has 0 saturated heterocycles. The number of aromatic nitrogens is 1. The number of pyridine rings is 1. The second-order valence-electron chi connectivity index (χ2n) is 7.04. The molecule has 0 aliphatic rings. The third-order valence-corrected chi connectivity index (χ3v) is 5.32. The van der Waals surface area contributed by atoms with Crippen LogP contribution in [0.4, 0.5) is 18.9 Å². The van der Waals surface area contributed by atoms with E-state index in [1.165, 1.54) is 17.8 Å². The van der Waals surface area contributed by atoms with Crippen LogP contribution >= 0.6 is 11.8 Å². The summed E-state index contributed by atoms with van der Waals surface area (Å²) < 4.78 is 46.7. The number of hydrogen-bond acceptors (Lipinski definition) is 5. The number of thioether (sulfide) groups is 1. The predicted octanol–water partition coefficient (Wildman–Crippen LogP) is 6.77. The van der Waals surface area contributed by atoms with Crippen molar-refractivity contribution in [2.45, 2.75) is 51.8 Å². The van der Waals surface area contributed by atoms with Crippen molar-refractivity contribution in [1.29, 1.82) is 0 Å². The smallest absolute Gasteiger partial charge is 0.420 e. The van der Waals surface area contributed by atoms with Crippen molar-refractivity contribution in [2.75, 3.05) is 18.2 Å². The van der Waals surface area contributed by atoms with Crippen LogP contribution in [0.5, 0.6) is 5.75 Å². The lowest BCUT2D eigenvalue weighted by molar-refractivity contribution is -0.139. The fourth-order valence-electron chi connectivity index (χ4n) is 3.09. The Hall–Kier alpha value is -2.35. The summed E-state index contributed by atoms with van der Waals surface area (Å²) in [7, 11) is 1.81. The molecule has 0 saturated carbocycles. The third kappa shape index (κ3) is 8.01. The molecule has 4 nitrogen and oxygen atoms in total. The van der Waals surface area contributed by atoms with Crippen LogP contribution in [0.3, 0.4) is 0 Å². The highest BCUT2D eigenvalue weighted by atomic mass is 32.2. The van der Waals surface area contributed by atoms with E-state index in [2.05, 4.69) is 15.6 Å². The van der Waals surface area contributed by atoms with E-state index >= 15 is 0 Å². The number of rotatable bonds is 12. The normalized spacial score (nSPS) is 12.2. The van der Waals surface area contributed by atoms with Gasteiger partial charge < -0.3 is 15.4 Å². The van der Waals surface area contributed by atoms with Gasteiger partial charge in [-0.25, -0.2) is 0 Å². The maximum absolute atomic E-state index is 13.6. The number of anilines is 1. The van der Waals surface area contributed by atoms with Crippen molar-refractivity contribution in [2.24, 2.45) is 0 Å². The summed E-state index contributed by atoms with van der Waals surface area (Å²) in [4.78, 5) is 4.09. The molecule has 0 unspecified atom stereocenters. The number of halogens is 3. The van der Waals surface area contributed by atoms with E-state index in [9.17, 15) is 13.2 Å². The highest BCUT2D eigenvalue weighted by molar-refractivity contribution is 8.02. The Labute approximate surface area is 186 Å². The number of ether oxygens (including phenoxy) is 1. The van der Waals surface area contributed by atoms with Crippen molar-refractivity contribution in [1.82, 2.24) is 10.3 Å². The lowest BCUT2D eigenvalue weighted by Crippen LogP contribution is -2.19. The molecule has 31 heavy (non-hydrogen) atoms. The van der Waals surface area contributed by atoms with Gasteiger partial charge in [0.25, 0.3) is 0 Å². The number of hydrogen-bond donors (Lipinski definition) is 2. The molecule has 1 aromatic carbocycles. The molecule has 0 bridgehead atoms. The minimum absolute atomic E-state index is 0.105. The third-order valence-electron chi connectivity index (χ3n) is 4.60. The summed E-state index contributed by atoms with van der Waals surface area (Å²) in [5.74, 6) is 0.309. The maximum Gasteiger partial charge on any atom is 0.420 e. The van der Waals surface area contributed by atoms with Crippen molar-refractivity contribution in [3.63, 3.8) is 0 Å². The van der Waals surface area contributed by atoms with E-state index in [-0.39, 0.29) is 11.9 Å². The fourth-order valence-corrected chi connectivity index (χ4v) is 3.85. The second kappa shape index (κ2) is 12.5. The van der Waals surface area contributed by atoms with Gasteiger partial charge in [-0.3, -0.25) is 4.98 Å². The van der Waals surface area contributed by atoms with Gasteiger partial charge in [-0.15, -0.1) is 11.8 Å². The Balaban J connectivity index is 2.07. The molecule has 2 aromatic rings. The van der Waals surface area contributed by atoms with Gasteiger partial charge >= 0.3 is 6.18 Å². The molecule has 0 amide bonds. The molecule has 2 rings (SSSR count). The van der Waals surface area contributed by atoms with Crippen LogP contribution < -0.4 is 15.4 Å². The van der Waals surface area contributed by atoms with Crippen LogP contribution in [-0.4, -0.2) is 24.0 Å². The van der Waals surface area contributed by atoms with E-state index in [0.29, 0.717) is 11.6 Å². The zero-order chi connectivity index (χ0) is 22.7. The van der Waals surface area contributed by atoms with E-state index < -0.39 is 11.7 Å². The molecule has 0 aliphatic heterocycles. The van der Waals surface area contributed by atoms with E-state index in [0.717, 1.165) is 43.0 Å². The molecule has 0 radical (unpaired) electrons. The highest BCUT2D eigenvalue weighted by Crippen LogP contribution is 2.39. The first kappa shape index (κ1) is 24.9. The van der Waals surface area contributed by atoms with E-state index in [1.807, 2.05) is 38.4 Å². The lowest BCUT2D eigenvalue weighted by Gasteiger charge is -2.22. The van der Waals surface area contributed by atoms with Crippen LogP contribution in [0.2, 0.25) is 0 Å². The molecule has 0 fully saturated rings. The Morgan fingerprint density at radius 2 is 1.94 bits per heavy atom. The maximum atomic E-state index is 13.6. The summed E-state index contributed by atoms with van der Waals surface area (Å²) in [5.41, 5.74) is 1.47. The van der Waals surface area contributed by atoms with Gasteiger partial charge in [-0.2, -0.15) is 13.2 Å². The second-order valence-corrected chi connectivity index (χ2v) is 7.89. The molecule has 0 aliphatic carbocycles. The van der Waals surface area contributed by atoms with Gasteiger partial charge in [0.1, 0.15) is 5.75 Å². The van der Waals surface area contributed by atoms with Gasteiger partial charge in [-0.05, 0) is 48.6 Å². The molecule has 0 spiro atoms. The van der Waals surface area contributed by atoms with Gasteiger partial charge in [0.05, 0.1) is 17.5 Å². The zero-order valence-electron chi connectivity index (χ0n) is 18.1. The molecule has 1 heterocycles. The predicted molar refractivity (Wildman–Crippen MR) is 123 cm³/mol. The Morgan fingerprint density at radius 3 is 2.52 bits per heavy atom. The molecule has 8 heteroatoms. The molecule has 2 N–H and O–H groups in total. The molecule has 170 valence electrons. The Kier molecular flexibility index (Phi) is 10.0. The summed E-state index contributed by atoms with van der Waals surface area (Å²) in [6.07, 6.45) is 1.95. The fraction of sp³-hybridized carbons (Fsp3) is 0.435. The topological polar surface area (TPSA) is 46.2 Å². The number of nitrogens with zero attached hydrogens (tertiary/aromatic N) is 1. The minimum Gasteiger partial charge on any atom is -0.490 e. The number of alkyl halides is 3. The average Bonchev–Trinajstić information content (AvgIpc) is 2.75.